The topological polar surface area (TPSA) is 0 Å². The Balaban J connectivity index is 5.37. The van der Waals surface area contributed by atoms with Crippen LogP contribution in [-0.2, 0) is 0 Å². The summed E-state index contributed by atoms with van der Waals surface area (Å²) < 4.78 is 118. The van der Waals surface area contributed by atoms with Gasteiger partial charge in [-0.2, -0.15) is 43.9 Å². The highest BCUT2D eigenvalue weighted by Gasteiger charge is 2.78. The highest BCUT2D eigenvalue weighted by molar-refractivity contribution is 5.13. The van der Waals surface area contributed by atoms with Crippen LogP contribution in [0.2, 0.25) is 0 Å². The minimum atomic E-state index is -6.78. The van der Waals surface area contributed by atoms with E-state index < -0.39 is 37.0 Å². The molecule has 0 bridgehead atoms. The Morgan fingerprint density at radius 2 is 1.00 bits per heavy atom. The van der Waals surface area contributed by atoms with Crippen molar-refractivity contribution in [2.45, 2.75) is 31.1 Å². The van der Waals surface area contributed by atoms with Crippen LogP contribution in [0, 0.1) is 5.92 Å². The summed E-state index contributed by atoms with van der Waals surface area (Å²) in [5.74, 6) is -16.3. The van der Waals surface area contributed by atoms with Crippen LogP contribution in [0.4, 0.5) is 43.9 Å². The van der Waals surface area contributed by atoms with Crippen LogP contribution in [0.3, 0.4) is 0 Å². The summed E-state index contributed by atoms with van der Waals surface area (Å²) in [6.45, 7) is -0.528. The smallest absolute Gasteiger partial charge is 0.198 e. The van der Waals surface area contributed by atoms with Gasteiger partial charge >= 0.3 is 24.2 Å². The Labute approximate surface area is 82.2 Å². The van der Waals surface area contributed by atoms with Crippen molar-refractivity contribution in [1.82, 2.24) is 0 Å². The lowest BCUT2D eigenvalue weighted by Gasteiger charge is -2.32. The van der Waals surface area contributed by atoms with Crippen molar-refractivity contribution < 1.29 is 43.9 Å². The van der Waals surface area contributed by atoms with E-state index in [4.69, 9.17) is 0 Å². The molecule has 0 heterocycles. The Hall–Kier alpha value is -0.700. The number of alkyl halides is 10. The van der Waals surface area contributed by atoms with Crippen molar-refractivity contribution in [2.75, 3.05) is 0 Å². The van der Waals surface area contributed by atoms with Gasteiger partial charge in [-0.3, -0.25) is 0 Å². The zero-order valence-electron chi connectivity index (χ0n) is 7.28. The number of hydrogen-bond donors (Lipinski definition) is 0. The standard InChI is InChI=1S/C6H3F10/c1-2(4(9,10)11)3(7,8)5(12,13)6(14,15)16/h1H3. The molecule has 0 aromatic carbocycles. The van der Waals surface area contributed by atoms with Crippen LogP contribution < -0.4 is 0 Å². The summed E-state index contributed by atoms with van der Waals surface area (Å²) in [7, 11) is 0. The van der Waals surface area contributed by atoms with Crippen molar-refractivity contribution in [3.05, 3.63) is 5.92 Å². The van der Waals surface area contributed by atoms with Crippen molar-refractivity contribution in [2.24, 2.45) is 0 Å². The van der Waals surface area contributed by atoms with E-state index in [0.29, 0.717) is 0 Å². The van der Waals surface area contributed by atoms with Gasteiger partial charge in [-0.15, -0.1) is 0 Å². The first kappa shape index (κ1) is 15.3. The maximum atomic E-state index is 12.4. The number of rotatable bonds is 2. The average molecular weight is 265 g/mol. The maximum Gasteiger partial charge on any atom is 0.459 e. The SMILES string of the molecule is C[C](C(F)(F)F)C(F)(F)C(F)(F)C(F)(F)F. The van der Waals surface area contributed by atoms with Crippen LogP contribution in [0.25, 0.3) is 0 Å². The first-order valence-corrected chi connectivity index (χ1v) is 3.39. The molecule has 0 aliphatic carbocycles. The monoisotopic (exact) mass is 265 g/mol. The molecule has 0 spiro atoms. The second-order valence-corrected chi connectivity index (χ2v) is 2.77. The van der Waals surface area contributed by atoms with Crippen molar-refractivity contribution >= 4 is 0 Å². The van der Waals surface area contributed by atoms with Gasteiger partial charge in [0.15, 0.2) is 5.92 Å². The zero-order chi connectivity index (χ0) is 13.6. The Kier molecular flexibility index (Phi) is 3.50. The van der Waals surface area contributed by atoms with Crippen molar-refractivity contribution in [3.63, 3.8) is 0 Å². The molecule has 0 aromatic rings. The van der Waals surface area contributed by atoms with Gasteiger partial charge < -0.3 is 0 Å². The van der Waals surface area contributed by atoms with Gasteiger partial charge in [0.25, 0.3) is 0 Å². The minimum Gasteiger partial charge on any atom is -0.198 e. The van der Waals surface area contributed by atoms with Gasteiger partial charge in [-0.25, -0.2) is 0 Å². The first-order chi connectivity index (χ1) is 6.65. The van der Waals surface area contributed by atoms with Crippen LogP contribution in [0.1, 0.15) is 6.92 Å². The lowest BCUT2D eigenvalue weighted by Crippen LogP contribution is -2.57. The highest BCUT2D eigenvalue weighted by Crippen LogP contribution is 2.54. The van der Waals surface area contributed by atoms with Crippen LogP contribution >= 0.6 is 0 Å². The fourth-order valence-corrected chi connectivity index (χ4v) is 0.592. The van der Waals surface area contributed by atoms with Gasteiger partial charge in [-0.05, 0) is 6.92 Å². The molecule has 1 radical (unpaired) electrons. The summed E-state index contributed by atoms with van der Waals surface area (Å²) >= 11 is 0. The van der Waals surface area contributed by atoms with E-state index in [9.17, 15) is 43.9 Å². The van der Waals surface area contributed by atoms with Gasteiger partial charge in [-0.1, -0.05) is 0 Å². The Morgan fingerprint density at radius 3 is 1.19 bits per heavy atom. The predicted molar refractivity (Wildman–Crippen MR) is 30.9 cm³/mol. The molecule has 10 heteroatoms. The molecule has 0 aliphatic rings. The molecule has 0 rings (SSSR count). The fraction of sp³-hybridized carbons (Fsp3) is 0.833. The van der Waals surface area contributed by atoms with Crippen LogP contribution in [0.15, 0.2) is 0 Å². The normalized spacial score (nSPS) is 15.8. The van der Waals surface area contributed by atoms with E-state index in [1.165, 1.54) is 0 Å². The molecule has 0 atom stereocenters. The van der Waals surface area contributed by atoms with Crippen molar-refractivity contribution in [1.29, 1.82) is 0 Å². The van der Waals surface area contributed by atoms with E-state index in [0.717, 1.165) is 0 Å². The molecular weight excluding hydrogens is 262 g/mol. The summed E-state index contributed by atoms with van der Waals surface area (Å²) in [5.41, 5.74) is 0. The van der Waals surface area contributed by atoms with Crippen molar-refractivity contribution in [3.8, 4) is 0 Å². The van der Waals surface area contributed by atoms with Crippen LogP contribution in [-0.4, -0.2) is 24.2 Å². The molecular formula is C6H3F10. The van der Waals surface area contributed by atoms with Gasteiger partial charge in [0.1, 0.15) is 0 Å². The highest BCUT2D eigenvalue weighted by atomic mass is 19.4. The maximum absolute atomic E-state index is 12.4. The van der Waals surface area contributed by atoms with E-state index in [2.05, 4.69) is 0 Å². The molecule has 0 saturated carbocycles. The van der Waals surface area contributed by atoms with Gasteiger partial charge in [0, 0.05) is 0 Å². The molecule has 0 amide bonds. The van der Waals surface area contributed by atoms with E-state index >= 15 is 0 Å². The Bertz CT molecular complexity index is 245. The Morgan fingerprint density at radius 1 is 0.688 bits per heavy atom. The van der Waals surface area contributed by atoms with Gasteiger partial charge in [0.05, 0.1) is 0 Å². The quantitative estimate of drug-likeness (QED) is 0.662. The van der Waals surface area contributed by atoms with Gasteiger partial charge in [0.2, 0.25) is 0 Å². The molecule has 0 N–H and O–H groups in total. The molecule has 97 valence electrons. The third-order valence-electron chi connectivity index (χ3n) is 1.65. The summed E-state index contributed by atoms with van der Waals surface area (Å²) in [6, 6.07) is 0. The molecule has 0 nitrogen and oxygen atoms in total. The lowest BCUT2D eigenvalue weighted by molar-refractivity contribution is -0.358. The summed E-state index contributed by atoms with van der Waals surface area (Å²) in [5, 5.41) is 0. The zero-order valence-corrected chi connectivity index (χ0v) is 7.28. The van der Waals surface area contributed by atoms with E-state index in [-0.39, 0.29) is 0 Å². The lowest BCUT2D eigenvalue weighted by atomic mass is 9.96. The molecule has 0 unspecified atom stereocenters. The molecule has 16 heavy (non-hydrogen) atoms. The molecule has 0 aliphatic heterocycles. The second kappa shape index (κ2) is 3.66. The molecule has 0 saturated heterocycles. The summed E-state index contributed by atoms with van der Waals surface area (Å²) in [4.78, 5) is 0. The van der Waals surface area contributed by atoms with E-state index in [1.807, 2.05) is 0 Å². The third kappa shape index (κ3) is 2.34. The third-order valence-corrected chi connectivity index (χ3v) is 1.65. The average Bonchev–Trinajstić information content (AvgIpc) is 1.98. The second-order valence-electron chi connectivity index (χ2n) is 2.77. The number of hydrogen-bond acceptors (Lipinski definition) is 0. The summed E-state index contributed by atoms with van der Waals surface area (Å²) in [6.07, 6.45) is -12.7. The van der Waals surface area contributed by atoms with Crippen LogP contribution in [0.5, 0.6) is 0 Å². The largest absolute Gasteiger partial charge is 0.459 e. The van der Waals surface area contributed by atoms with E-state index in [1.54, 1.807) is 0 Å². The fourth-order valence-electron chi connectivity index (χ4n) is 0.592. The molecule has 0 aromatic heterocycles. The first-order valence-electron chi connectivity index (χ1n) is 3.39. The predicted octanol–water partition coefficient (Wildman–Crippen LogP) is 3.98. The minimum absolute atomic E-state index is 0.528. The molecule has 0 fully saturated rings. The number of halogens is 10.